The summed E-state index contributed by atoms with van der Waals surface area (Å²) in [6.07, 6.45) is 5.00. The van der Waals surface area contributed by atoms with Crippen LogP contribution < -0.4 is 4.90 Å². The lowest BCUT2D eigenvalue weighted by Gasteiger charge is -2.26. The van der Waals surface area contributed by atoms with Crippen molar-refractivity contribution in [1.29, 1.82) is 0 Å². The number of thioether (sulfide) groups is 1. The molecule has 0 amide bonds. The van der Waals surface area contributed by atoms with E-state index in [1.165, 1.54) is 7.11 Å². The summed E-state index contributed by atoms with van der Waals surface area (Å²) < 4.78 is 10.7. The maximum atomic E-state index is 12.2. The summed E-state index contributed by atoms with van der Waals surface area (Å²) in [5.41, 5.74) is 1.67. The van der Waals surface area contributed by atoms with E-state index in [4.69, 9.17) is 9.15 Å². The molecule has 2 aliphatic heterocycles. The molecule has 0 spiro atoms. The lowest BCUT2D eigenvalue weighted by Crippen LogP contribution is -2.33. The maximum absolute atomic E-state index is 12.2. The number of aliphatic imine (C=N–C) groups is 1. The first-order valence-corrected chi connectivity index (χ1v) is 9.32. The lowest BCUT2D eigenvalue weighted by atomic mass is 10.1. The van der Waals surface area contributed by atoms with Gasteiger partial charge in [-0.2, -0.15) is 11.8 Å². The number of carbonyl (C=O) groups excluding carboxylic acids is 1. The van der Waals surface area contributed by atoms with Crippen molar-refractivity contribution in [3.8, 4) is 5.75 Å². The second kappa shape index (κ2) is 6.87. The van der Waals surface area contributed by atoms with Crippen molar-refractivity contribution < 1.29 is 19.1 Å². The van der Waals surface area contributed by atoms with Crippen LogP contribution in [0.15, 0.2) is 27.7 Å². The number of allylic oxidation sites excluding steroid dienone is 1. The summed E-state index contributed by atoms with van der Waals surface area (Å²) in [5, 5.41) is 10.6. The summed E-state index contributed by atoms with van der Waals surface area (Å²) in [5.74, 6) is 2.20. The van der Waals surface area contributed by atoms with Crippen molar-refractivity contribution in [1.82, 2.24) is 4.98 Å². The summed E-state index contributed by atoms with van der Waals surface area (Å²) in [6.45, 7) is 1.48. The zero-order valence-electron chi connectivity index (χ0n) is 14.1. The van der Waals surface area contributed by atoms with Crippen LogP contribution in [0.5, 0.6) is 5.75 Å². The Morgan fingerprint density at radius 2 is 2.23 bits per heavy atom. The molecular weight excluding hydrogens is 354 g/mol. The van der Waals surface area contributed by atoms with Crippen LogP contribution in [0.2, 0.25) is 0 Å². The van der Waals surface area contributed by atoms with Gasteiger partial charge in [-0.25, -0.2) is 14.8 Å². The number of aromatic nitrogens is 1. The van der Waals surface area contributed by atoms with Crippen molar-refractivity contribution in [3.05, 3.63) is 35.2 Å². The molecule has 26 heavy (non-hydrogen) atoms. The molecule has 4 heterocycles. The fourth-order valence-electron chi connectivity index (χ4n) is 2.98. The molecule has 0 aromatic carbocycles. The SMILES string of the molecule is COC(=O)c1c(N2CCSCC2)oc(C=C2C=Nc3ncccc32)c1O. The van der Waals surface area contributed by atoms with Gasteiger partial charge in [-0.05, 0) is 18.2 Å². The Labute approximate surface area is 154 Å². The minimum atomic E-state index is -0.619. The maximum Gasteiger partial charge on any atom is 0.347 e. The van der Waals surface area contributed by atoms with Gasteiger partial charge in [-0.3, -0.25) is 0 Å². The van der Waals surface area contributed by atoms with Gasteiger partial charge in [0.1, 0.15) is 0 Å². The van der Waals surface area contributed by atoms with Crippen LogP contribution in [0.25, 0.3) is 11.6 Å². The second-order valence-electron chi connectivity index (χ2n) is 5.82. The molecule has 1 saturated heterocycles. The number of pyridine rings is 1. The molecule has 2 aromatic heterocycles. The van der Waals surface area contributed by atoms with Crippen LogP contribution in [-0.4, -0.2) is 54.0 Å². The highest BCUT2D eigenvalue weighted by molar-refractivity contribution is 7.99. The number of rotatable bonds is 3. The number of nitrogens with zero attached hydrogens (tertiary/aromatic N) is 3. The fourth-order valence-corrected chi connectivity index (χ4v) is 3.89. The van der Waals surface area contributed by atoms with Crippen LogP contribution >= 0.6 is 11.8 Å². The quantitative estimate of drug-likeness (QED) is 0.830. The normalized spacial score (nSPS) is 17.6. The lowest BCUT2D eigenvalue weighted by molar-refractivity contribution is 0.0598. The molecule has 0 radical (unpaired) electrons. The van der Waals surface area contributed by atoms with E-state index < -0.39 is 5.97 Å². The molecule has 4 rings (SSSR count). The van der Waals surface area contributed by atoms with E-state index in [-0.39, 0.29) is 17.1 Å². The van der Waals surface area contributed by atoms with E-state index in [2.05, 4.69) is 9.98 Å². The second-order valence-corrected chi connectivity index (χ2v) is 7.04. The largest absolute Gasteiger partial charge is 0.504 e. The topological polar surface area (TPSA) is 88.2 Å². The van der Waals surface area contributed by atoms with Gasteiger partial charge in [0, 0.05) is 48.1 Å². The average Bonchev–Trinajstić information content (AvgIpc) is 3.24. The number of furan rings is 1. The van der Waals surface area contributed by atoms with Gasteiger partial charge in [-0.15, -0.1) is 0 Å². The molecule has 8 heteroatoms. The van der Waals surface area contributed by atoms with Crippen LogP contribution in [0.1, 0.15) is 21.7 Å². The number of esters is 1. The molecule has 0 saturated carbocycles. The van der Waals surface area contributed by atoms with Gasteiger partial charge in [0.2, 0.25) is 5.88 Å². The van der Waals surface area contributed by atoms with Crippen LogP contribution in [0, 0.1) is 0 Å². The molecule has 2 aromatic rings. The van der Waals surface area contributed by atoms with Gasteiger partial charge >= 0.3 is 5.97 Å². The van der Waals surface area contributed by atoms with Crippen LogP contribution in [0.3, 0.4) is 0 Å². The van der Waals surface area contributed by atoms with Crippen LogP contribution in [0.4, 0.5) is 11.7 Å². The third-order valence-corrected chi connectivity index (χ3v) is 5.23. The number of ether oxygens (including phenoxy) is 1. The number of aromatic hydroxyl groups is 1. The molecule has 2 aliphatic rings. The van der Waals surface area contributed by atoms with Gasteiger partial charge in [-0.1, -0.05) is 0 Å². The van der Waals surface area contributed by atoms with Crippen LogP contribution in [-0.2, 0) is 4.74 Å². The first-order chi connectivity index (χ1) is 12.7. The van der Waals surface area contributed by atoms with Gasteiger partial charge in [0.05, 0.1) is 7.11 Å². The predicted molar refractivity (Wildman–Crippen MR) is 102 cm³/mol. The van der Waals surface area contributed by atoms with Crippen molar-refractivity contribution in [2.75, 3.05) is 36.6 Å². The number of anilines is 1. The predicted octanol–water partition coefficient (Wildman–Crippen LogP) is 2.98. The summed E-state index contributed by atoms with van der Waals surface area (Å²) in [4.78, 5) is 22.6. The number of fused-ring (bicyclic) bond motifs is 1. The summed E-state index contributed by atoms with van der Waals surface area (Å²) in [7, 11) is 1.29. The first-order valence-electron chi connectivity index (χ1n) is 8.17. The Kier molecular flexibility index (Phi) is 4.42. The smallest absolute Gasteiger partial charge is 0.347 e. The molecule has 0 bridgehead atoms. The number of methoxy groups -OCH3 is 1. The molecule has 0 aliphatic carbocycles. The highest BCUT2D eigenvalue weighted by Crippen LogP contribution is 2.40. The zero-order chi connectivity index (χ0) is 18.1. The Morgan fingerprint density at radius 3 is 3.00 bits per heavy atom. The van der Waals surface area contributed by atoms with Gasteiger partial charge in [0.25, 0.3) is 0 Å². The molecule has 0 atom stereocenters. The third-order valence-electron chi connectivity index (χ3n) is 4.29. The minimum Gasteiger partial charge on any atom is -0.504 e. The molecule has 0 unspecified atom stereocenters. The Bertz CT molecular complexity index is 913. The highest BCUT2D eigenvalue weighted by atomic mass is 32.2. The van der Waals surface area contributed by atoms with Crippen molar-refractivity contribution >= 4 is 47.3 Å². The van der Waals surface area contributed by atoms with Crippen molar-refractivity contribution in [3.63, 3.8) is 0 Å². The Morgan fingerprint density at radius 1 is 1.42 bits per heavy atom. The molecule has 7 nitrogen and oxygen atoms in total. The first kappa shape index (κ1) is 16.7. The summed E-state index contributed by atoms with van der Waals surface area (Å²) in [6, 6.07) is 3.71. The minimum absolute atomic E-state index is 0.0626. The number of hydrogen-bond acceptors (Lipinski definition) is 8. The molecule has 1 N–H and O–H groups in total. The van der Waals surface area contributed by atoms with E-state index in [0.717, 1.165) is 35.7 Å². The zero-order valence-corrected chi connectivity index (χ0v) is 15.0. The Hall–Kier alpha value is -2.74. The monoisotopic (exact) mass is 371 g/mol. The van der Waals surface area contributed by atoms with E-state index >= 15 is 0 Å². The van der Waals surface area contributed by atoms with Crippen molar-refractivity contribution in [2.45, 2.75) is 0 Å². The van der Waals surface area contributed by atoms with E-state index in [9.17, 15) is 9.90 Å². The fraction of sp³-hybridized carbons (Fsp3) is 0.278. The van der Waals surface area contributed by atoms with E-state index in [1.54, 1.807) is 18.5 Å². The molecule has 134 valence electrons. The van der Waals surface area contributed by atoms with Gasteiger partial charge < -0.3 is 19.2 Å². The standard InChI is InChI=1S/C18H17N3O4S/c1-24-18(23)14-15(22)13(25-17(14)21-5-7-26-8-6-21)9-11-10-20-16-12(11)3-2-4-19-16/h2-4,9-10,22H,5-8H2,1H3. The highest BCUT2D eigenvalue weighted by Gasteiger charge is 2.30. The Balaban J connectivity index is 1.78. The summed E-state index contributed by atoms with van der Waals surface area (Å²) >= 11 is 1.84. The van der Waals surface area contributed by atoms with Crippen molar-refractivity contribution in [2.24, 2.45) is 4.99 Å². The van der Waals surface area contributed by atoms with E-state index in [1.807, 2.05) is 28.8 Å². The number of carbonyl (C=O) groups is 1. The third kappa shape index (κ3) is 2.86. The molecular formula is C18H17N3O4S. The average molecular weight is 371 g/mol. The number of hydrogen-bond donors (Lipinski definition) is 1. The van der Waals surface area contributed by atoms with E-state index in [0.29, 0.717) is 11.7 Å². The van der Waals surface area contributed by atoms with Gasteiger partial charge in [0.15, 0.2) is 22.9 Å². The molecule has 1 fully saturated rings.